The van der Waals surface area contributed by atoms with Gasteiger partial charge in [-0.15, -0.1) is 11.3 Å². The molecule has 0 bridgehead atoms. The maximum Gasteiger partial charge on any atom is 0.277 e. The molecule has 0 aromatic carbocycles. The third-order valence-corrected chi connectivity index (χ3v) is 3.05. The van der Waals surface area contributed by atoms with Gasteiger partial charge in [-0.05, 0) is 0 Å². The molecular weight excluding hydrogens is 248 g/mol. The Labute approximate surface area is 109 Å². The summed E-state index contributed by atoms with van der Waals surface area (Å²) >= 11 is 1.41. The molecule has 2 aromatic heterocycles. The van der Waals surface area contributed by atoms with Gasteiger partial charge in [0.1, 0.15) is 5.69 Å². The predicted molar refractivity (Wildman–Crippen MR) is 70.8 cm³/mol. The Morgan fingerprint density at radius 3 is 2.67 bits per heavy atom. The summed E-state index contributed by atoms with van der Waals surface area (Å²) in [7, 11) is 0. The average molecular weight is 262 g/mol. The van der Waals surface area contributed by atoms with E-state index < -0.39 is 0 Å². The normalized spacial score (nSPS) is 11.3. The lowest BCUT2D eigenvalue weighted by atomic mass is 9.93. The number of rotatable bonds is 2. The molecular formula is C12H14N4OS. The van der Waals surface area contributed by atoms with Gasteiger partial charge >= 0.3 is 0 Å². The van der Waals surface area contributed by atoms with Crippen LogP contribution in [0, 0.1) is 0 Å². The topological polar surface area (TPSA) is 67.8 Å². The number of nitrogens with zero attached hydrogens (tertiary/aromatic N) is 3. The minimum absolute atomic E-state index is 0.0218. The van der Waals surface area contributed by atoms with Crippen LogP contribution in [0.3, 0.4) is 0 Å². The lowest BCUT2D eigenvalue weighted by Crippen LogP contribution is -2.15. The van der Waals surface area contributed by atoms with Gasteiger partial charge in [-0.2, -0.15) is 0 Å². The van der Waals surface area contributed by atoms with Gasteiger partial charge in [0, 0.05) is 23.2 Å². The van der Waals surface area contributed by atoms with Crippen LogP contribution >= 0.6 is 11.3 Å². The van der Waals surface area contributed by atoms with Crippen molar-refractivity contribution in [3.05, 3.63) is 35.4 Å². The van der Waals surface area contributed by atoms with Crippen LogP contribution in [0.15, 0.2) is 24.0 Å². The molecule has 0 fully saturated rings. The van der Waals surface area contributed by atoms with Crippen LogP contribution in [0.5, 0.6) is 0 Å². The zero-order valence-electron chi connectivity index (χ0n) is 10.5. The largest absolute Gasteiger partial charge is 0.296 e. The average Bonchev–Trinajstić information content (AvgIpc) is 2.78. The van der Waals surface area contributed by atoms with E-state index >= 15 is 0 Å². The fraction of sp³-hybridized carbons (Fsp3) is 0.333. The van der Waals surface area contributed by atoms with Crippen LogP contribution in [0.4, 0.5) is 5.13 Å². The summed E-state index contributed by atoms with van der Waals surface area (Å²) in [6.07, 6.45) is 4.43. The molecule has 0 atom stereocenters. The van der Waals surface area contributed by atoms with Crippen molar-refractivity contribution in [3.63, 3.8) is 0 Å². The van der Waals surface area contributed by atoms with E-state index in [2.05, 4.69) is 41.0 Å². The summed E-state index contributed by atoms with van der Waals surface area (Å²) in [5.41, 5.74) is 1.22. The van der Waals surface area contributed by atoms with Crippen LogP contribution in [0.2, 0.25) is 0 Å². The number of amides is 1. The highest BCUT2D eigenvalue weighted by Crippen LogP contribution is 2.26. The number of aromatic nitrogens is 3. The summed E-state index contributed by atoms with van der Waals surface area (Å²) in [5, 5.41) is 5.25. The molecule has 2 heterocycles. The molecule has 2 aromatic rings. The number of hydrogen-bond acceptors (Lipinski definition) is 5. The minimum Gasteiger partial charge on any atom is -0.296 e. The van der Waals surface area contributed by atoms with Crippen LogP contribution in [-0.2, 0) is 5.41 Å². The third kappa shape index (κ3) is 2.89. The monoisotopic (exact) mass is 262 g/mol. The van der Waals surface area contributed by atoms with E-state index in [0.29, 0.717) is 5.13 Å². The second kappa shape index (κ2) is 4.81. The van der Waals surface area contributed by atoms with Crippen molar-refractivity contribution in [2.75, 3.05) is 5.32 Å². The molecule has 1 N–H and O–H groups in total. The third-order valence-electron chi connectivity index (χ3n) is 2.29. The summed E-state index contributed by atoms with van der Waals surface area (Å²) < 4.78 is 0. The molecule has 18 heavy (non-hydrogen) atoms. The number of thiazole rings is 1. The van der Waals surface area contributed by atoms with Crippen LogP contribution < -0.4 is 5.32 Å². The second-order valence-electron chi connectivity index (χ2n) is 4.83. The van der Waals surface area contributed by atoms with E-state index in [1.54, 1.807) is 0 Å². The van der Waals surface area contributed by atoms with Crippen molar-refractivity contribution in [2.24, 2.45) is 0 Å². The van der Waals surface area contributed by atoms with Crippen molar-refractivity contribution in [1.29, 1.82) is 0 Å². The Hall–Kier alpha value is -1.82. The number of carbonyl (C=O) groups excluding carboxylic acids is 1. The van der Waals surface area contributed by atoms with Gasteiger partial charge < -0.3 is 0 Å². The SMILES string of the molecule is CC(C)(C)c1csc(NC(=O)c2cnccn2)n1. The highest BCUT2D eigenvalue weighted by Gasteiger charge is 2.18. The zero-order valence-corrected chi connectivity index (χ0v) is 11.3. The molecule has 0 radical (unpaired) electrons. The first-order valence-electron chi connectivity index (χ1n) is 5.50. The molecule has 0 aliphatic rings. The molecule has 5 nitrogen and oxygen atoms in total. The Morgan fingerprint density at radius 2 is 2.11 bits per heavy atom. The summed E-state index contributed by atoms with van der Waals surface area (Å²) in [5.74, 6) is -0.294. The lowest BCUT2D eigenvalue weighted by molar-refractivity contribution is 0.102. The Morgan fingerprint density at radius 1 is 1.33 bits per heavy atom. The molecule has 0 saturated heterocycles. The molecule has 94 valence electrons. The Balaban J connectivity index is 2.11. The first kappa shape index (κ1) is 12.6. The number of carbonyl (C=O) groups is 1. The predicted octanol–water partition coefficient (Wildman–Crippen LogP) is 2.48. The second-order valence-corrected chi connectivity index (χ2v) is 5.69. The molecule has 0 aliphatic carbocycles. The van der Waals surface area contributed by atoms with Crippen LogP contribution in [0.25, 0.3) is 0 Å². The van der Waals surface area contributed by atoms with E-state index in [9.17, 15) is 4.79 Å². The maximum atomic E-state index is 11.8. The van der Waals surface area contributed by atoms with Crippen molar-refractivity contribution >= 4 is 22.4 Å². The highest BCUT2D eigenvalue weighted by molar-refractivity contribution is 7.14. The minimum atomic E-state index is -0.294. The van der Waals surface area contributed by atoms with Gasteiger partial charge in [0.05, 0.1) is 11.9 Å². The highest BCUT2D eigenvalue weighted by atomic mass is 32.1. The first-order valence-corrected chi connectivity index (χ1v) is 6.38. The summed E-state index contributed by atoms with van der Waals surface area (Å²) in [4.78, 5) is 24.0. The number of nitrogens with one attached hydrogen (secondary N) is 1. The van der Waals surface area contributed by atoms with E-state index in [1.165, 1.54) is 29.9 Å². The fourth-order valence-electron chi connectivity index (χ4n) is 1.25. The summed E-state index contributed by atoms with van der Waals surface area (Å²) in [6.45, 7) is 6.24. The van der Waals surface area contributed by atoms with Crippen LogP contribution in [-0.4, -0.2) is 20.9 Å². The van der Waals surface area contributed by atoms with Gasteiger partial charge in [-0.3, -0.25) is 15.1 Å². The van der Waals surface area contributed by atoms with Gasteiger partial charge in [0.2, 0.25) is 0 Å². The van der Waals surface area contributed by atoms with Crippen molar-refractivity contribution in [3.8, 4) is 0 Å². The standard InChI is InChI=1S/C12H14N4OS/c1-12(2,3)9-7-18-11(15-9)16-10(17)8-6-13-4-5-14-8/h4-7H,1-3H3,(H,15,16,17). The number of hydrogen-bond donors (Lipinski definition) is 1. The molecule has 0 saturated carbocycles. The molecule has 2 rings (SSSR count). The lowest BCUT2D eigenvalue weighted by Gasteiger charge is -2.14. The van der Waals surface area contributed by atoms with Gasteiger partial charge in [-0.1, -0.05) is 20.8 Å². The zero-order chi connectivity index (χ0) is 13.2. The van der Waals surface area contributed by atoms with Crippen molar-refractivity contribution in [1.82, 2.24) is 15.0 Å². The molecule has 6 heteroatoms. The molecule has 0 unspecified atom stereocenters. The Kier molecular flexibility index (Phi) is 3.38. The Bertz CT molecular complexity index is 545. The molecule has 0 aliphatic heterocycles. The summed E-state index contributed by atoms with van der Waals surface area (Å²) in [6, 6.07) is 0. The molecule has 0 spiro atoms. The van der Waals surface area contributed by atoms with Gasteiger partial charge in [0.15, 0.2) is 5.13 Å². The van der Waals surface area contributed by atoms with Crippen molar-refractivity contribution < 1.29 is 4.79 Å². The van der Waals surface area contributed by atoms with E-state index in [4.69, 9.17) is 0 Å². The van der Waals surface area contributed by atoms with Crippen molar-refractivity contribution in [2.45, 2.75) is 26.2 Å². The quantitative estimate of drug-likeness (QED) is 0.902. The van der Waals surface area contributed by atoms with Crippen LogP contribution in [0.1, 0.15) is 37.0 Å². The van der Waals surface area contributed by atoms with E-state index in [-0.39, 0.29) is 17.0 Å². The first-order chi connectivity index (χ1) is 8.47. The van der Waals surface area contributed by atoms with E-state index in [0.717, 1.165) is 5.69 Å². The number of anilines is 1. The smallest absolute Gasteiger partial charge is 0.277 e. The van der Waals surface area contributed by atoms with Gasteiger partial charge in [-0.25, -0.2) is 9.97 Å². The van der Waals surface area contributed by atoms with E-state index in [1.807, 2.05) is 5.38 Å². The van der Waals surface area contributed by atoms with Gasteiger partial charge in [0.25, 0.3) is 5.91 Å². The maximum absolute atomic E-state index is 11.8. The fourth-order valence-corrected chi connectivity index (χ4v) is 2.19. The molecule has 1 amide bonds.